The molecule has 0 aliphatic rings. The summed E-state index contributed by atoms with van der Waals surface area (Å²) in [6, 6.07) is 13.6. The van der Waals surface area contributed by atoms with Crippen LogP contribution in [0.3, 0.4) is 0 Å². The molecule has 0 fully saturated rings. The van der Waals surface area contributed by atoms with Crippen molar-refractivity contribution < 1.29 is 9.63 Å². The first-order valence-corrected chi connectivity index (χ1v) is 6.19. The zero-order valence-corrected chi connectivity index (χ0v) is 10.1. The van der Waals surface area contributed by atoms with E-state index in [1.807, 2.05) is 47.8 Å². The number of benzene rings is 1. The number of hydroxylamine groups is 1. The molecule has 0 saturated heterocycles. The monoisotopic (exact) mass is 247 g/mol. The molecule has 2 rings (SSSR count). The molecule has 1 N–H and O–H groups in total. The van der Waals surface area contributed by atoms with Crippen molar-refractivity contribution in [1.82, 2.24) is 5.48 Å². The molecular formula is C13H13NO2S. The number of carbonyl (C=O) groups excluding carboxylic acids is 1. The Balaban J connectivity index is 1.70. The molecule has 17 heavy (non-hydrogen) atoms. The minimum absolute atomic E-state index is 0.122. The van der Waals surface area contributed by atoms with Crippen LogP contribution in [0.4, 0.5) is 0 Å². The zero-order chi connectivity index (χ0) is 11.9. The Morgan fingerprint density at radius 3 is 2.71 bits per heavy atom. The third-order valence-corrected chi connectivity index (χ3v) is 3.06. The highest BCUT2D eigenvalue weighted by Gasteiger charge is 2.03. The molecule has 0 atom stereocenters. The van der Waals surface area contributed by atoms with Crippen LogP contribution in [0.2, 0.25) is 0 Å². The van der Waals surface area contributed by atoms with E-state index in [1.54, 1.807) is 11.3 Å². The van der Waals surface area contributed by atoms with E-state index in [9.17, 15) is 4.79 Å². The Kier molecular flexibility index (Phi) is 4.30. The minimum Gasteiger partial charge on any atom is -0.272 e. The Labute approximate surface area is 104 Å². The highest BCUT2D eigenvalue weighted by Crippen LogP contribution is 2.08. The lowest BCUT2D eigenvalue weighted by Crippen LogP contribution is -2.24. The minimum atomic E-state index is -0.122. The standard InChI is InChI=1S/C13H13NO2S/c15-13(9-12-7-4-8-17-12)14-16-10-11-5-2-1-3-6-11/h1-8H,9-10H2,(H,14,15). The van der Waals surface area contributed by atoms with E-state index in [1.165, 1.54) is 0 Å². The molecule has 88 valence electrons. The van der Waals surface area contributed by atoms with Gasteiger partial charge in [0.1, 0.15) is 0 Å². The number of hydrogen-bond acceptors (Lipinski definition) is 3. The van der Waals surface area contributed by atoms with Crippen molar-refractivity contribution in [3.63, 3.8) is 0 Å². The second-order valence-electron chi connectivity index (χ2n) is 3.56. The SMILES string of the molecule is O=C(Cc1cccs1)NOCc1ccccc1. The molecule has 0 radical (unpaired) electrons. The smallest absolute Gasteiger partial charge is 0.248 e. The fourth-order valence-corrected chi connectivity index (χ4v) is 2.09. The fraction of sp³-hybridized carbons (Fsp3) is 0.154. The van der Waals surface area contributed by atoms with Crippen molar-refractivity contribution in [3.8, 4) is 0 Å². The number of hydrogen-bond donors (Lipinski definition) is 1. The van der Waals surface area contributed by atoms with Crippen LogP contribution in [0, 0.1) is 0 Å². The lowest BCUT2D eigenvalue weighted by atomic mass is 10.2. The molecule has 0 saturated carbocycles. The van der Waals surface area contributed by atoms with Gasteiger partial charge in [-0.05, 0) is 17.0 Å². The van der Waals surface area contributed by atoms with Crippen LogP contribution in [-0.4, -0.2) is 5.91 Å². The van der Waals surface area contributed by atoms with Gasteiger partial charge >= 0.3 is 0 Å². The van der Waals surface area contributed by atoms with Gasteiger partial charge in [0.25, 0.3) is 0 Å². The van der Waals surface area contributed by atoms with Crippen molar-refractivity contribution in [2.24, 2.45) is 0 Å². The van der Waals surface area contributed by atoms with Crippen molar-refractivity contribution in [1.29, 1.82) is 0 Å². The first-order valence-electron chi connectivity index (χ1n) is 5.31. The van der Waals surface area contributed by atoms with Crippen LogP contribution in [-0.2, 0) is 22.7 Å². The maximum absolute atomic E-state index is 11.5. The van der Waals surface area contributed by atoms with Crippen LogP contribution in [0.1, 0.15) is 10.4 Å². The summed E-state index contributed by atoms with van der Waals surface area (Å²) >= 11 is 1.56. The molecule has 1 aromatic carbocycles. The van der Waals surface area contributed by atoms with Crippen LogP contribution in [0.5, 0.6) is 0 Å². The average Bonchev–Trinajstić information content (AvgIpc) is 2.83. The molecule has 0 aliphatic carbocycles. The highest BCUT2D eigenvalue weighted by molar-refractivity contribution is 7.10. The predicted molar refractivity (Wildman–Crippen MR) is 67.4 cm³/mol. The number of nitrogens with one attached hydrogen (secondary N) is 1. The fourth-order valence-electron chi connectivity index (χ4n) is 1.38. The van der Waals surface area contributed by atoms with Crippen molar-refractivity contribution in [3.05, 3.63) is 58.3 Å². The highest BCUT2D eigenvalue weighted by atomic mass is 32.1. The molecule has 1 heterocycles. The first-order chi connectivity index (χ1) is 8.34. The topological polar surface area (TPSA) is 38.3 Å². The van der Waals surface area contributed by atoms with Gasteiger partial charge in [-0.1, -0.05) is 36.4 Å². The number of rotatable bonds is 5. The Morgan fingerprint density at radius 2 is 2.00 bits per heavy atom. The van der Waals surface area contributed by atoms with E-state index in [-0.39, 0.29) is 5.91 Å². The molecule has 2 aromatic rings. The molecule has 0 aliphatic heterocycles. The summed E-state index contributed by atoms with van der Waals surface area (Å²) in [5, 5.41) is 1.95. The van der Waals surface area contributed by atoms with Gasteiger partial charge in [-0.2, -0.15) is 0 Å². The molecule has 1 aromatic heterocycles. The van der Waals surface area contributed by atoms with E-state index in [4.69, 9.17) is 4.84 Å². The van der Waals surface area contributed by atoms with Gasteiger partial charge in [0.05, 0.1) is 13.0 Å². The van der Waals surface area contributed by atoms with E-state index >= 15 is 0 Å². The van der Waals surface area contributed by atoms with E-state index in [0.29, 0.717) is 13.0 Å². The Morgan fingerprint density at radius 1 is 1.18 bits per heavy atom. The molecule has 0 bridgehead atoms. The average molecular weight is 247 g/mol. The van der Waals surface area contributed by atoms with E-state index < -0.39 is 0 Å². The van der Waals surface area contributed by atoms with Crippen molar-refractivity contribution >= 4 is 17.2 Å². The van der Waals surface area contributed by atoms with Gasteiger partial charge in [-0.25, -0.2) is 5.48 Å². The number of thiophene rings is 1. The van der Waals surface area contributed by atoms with Crippen molar-refractivity contribution in [2.75, 3.05) is 0 Å². The van der Waals surface area contributed by atoms with E-state index in [2.05, 4.69) is 5.48 Å². The quantitative estimate of drug-likeness (QED) is 0.825. The van der Waals surface area contributed by atoms with Gasteiger partial charge in [0.2, 0.25) is 5.91 Å². The van der Waals surface area contributed by atoms with E-state index in [0.717, 1.165) is 10.4 Å². The van der Waals surface area contributed by atoms with Crippen LogP contribution < -0.4 is 5.48 Å². The van der Waals surface area contributed by atoms with Gasteiger partial charge in [-0.3, -0.25) is 9.63 Å². The van der Waals surface area contributed by atoms with Crippen molar-refractivity contribution in [2.45, 2.75) is 13.0 Å². The van der Waals surface area contributed by atoms with Gasteiger partial charge in [0.15, 0.2) is 0 Å². The summed E-state index contributed by atoms with van der Waals surface area (Å²) in [6.45, 7) is 0.386. The van der Waals surface area contributed by atoms with Gasteiger partial charge in [0, 0.05) is 4.88 Å². The molecule has 0 unspecified atom stereocenters. The maximum Gasteiger partial charge on any atom is 0.248 e. The zero-order valence-electron chi connectivity index (χ0n) is 9.26. The van der Waals surface area contributed by atoms with Gasteiger partial charge in [-0.15, -0.1) is 11.3 Å². The number of carbonyl (C=O) groups is 1. The summed E-state index contributed by atoms with van der Waals surface area (Å²) in [6.07, 6.45) is 0.368. The predicted octanol–water partition coefficient (Wildman–Crippen LogP) is 2.54. The third-order valence-electron chi connectivity index (χ3n) is 2.18. The molecular weight excluding hydrogens is 234 g/mol. The largest absolute Gasteiger partial charge is 0.272 e. The lowest BCUT2D eigenvalue weighted by Gasteiger charge is -2.04. The summed E-state index contributed by atoms with van der Waals surface area (Å²) in [7, 11) is 0. The lowest BCUT2D eigenvalue weighted by molar-refractivity contribution is -0.133. The summed E-state index contributed by atoms with van der Waals surface area (Å²) < 4.78 is 0. The summed E-state index contributed by atoms with van der Waals surface area (Å²) in [5.41, 5.74) is 3.47. The van der Waals surface area contributed by atoms with Crippen LogP contribution in [0.15, 0.2) is 47.8 Å². The normalized spacial score (nSPS) is 10.1. The second kappa shape index (κ2) is 6.18. The first kappa shape index (κ1) is 11.8. The van der Waals surface area contributed by atoms with Crippen LogP contribution in [0.25, 0.3) is 0 Å². The molecule has 0 spiro atoms. The Bertz CT molecular complexity index is 454. The maximum atomic E-state index is 11.5. The third kappa shape index (κ3) is 4.01. The second-order valence-corrected chi connectivity index (χ2v) is 4.59. The summed E-state index contributed by atoms with van der Waals surface area (Å²) in [4.78, 5) is 17.6. The van der Waals surface area contributed by atoms with Gasteiger partial charge < -0.3 is 0 Å². The molecule has 3 nitrogen and oxygen atoms in total. The Hall–Kier alpha value is -1.65. The van der Waals surface area contributed by atoms with Crippen LogP contribution >= 0.6 is 11.3 Å². The molecule has 1 amide bonds. The summed E-state index contributed by atoms with van der Waals surface area (Å²) in [5.74, 6) is -0.122. The molecule has 4 heteroatoms. The number of amides is 1.